The topological polar surface area (TPSA) is 55.8 Å². The van der Waals surface area contributed by atoms with E-state index in [1.807, 2.05) is 29.2 Å². The first-order chi connectivity index (χ1) is 13.5. The van der Waals surface area contributed by atoms with Crippen molar-refractivity contribution in [3.63, 3.8) is 0 Å². The second kappa shape index (κ2) is 8.05. The van der Waals surface area contributed by atoms with Crippen molar-refractivity contribution >= 4 is 27.6 Å². The molecule has 4 rings (SSSR count). The number of Topliss-reactive ketones (excluding diaryl/α,β-unsaturated/α-hetero) is 1. The summed E-state index contributed by atoms with van der Waals surface area (Å²) in [7, 11) is 0. The lowest BCUT2D eigenvalue weighted by molar-refractivity contribution is -0.167. The molecule has 0 aromatic heterocycles. The lowest BCUT2D eigenvalue weighted by atomic mass is 9.90. The number of amides is 1. The van der Waals surface area contributed by atoms with Crippen molar-refractivity contribution in [1.29, 1.82) is 0 Å². The average molecular weight is 444 g/mol. The van der Waals surface area contributed by atoms with Crippen molar-refractivity contribution in [2.45, 2.75) is 38.0 Å². The van der Waals surface area contributed by atoms with Crippen molar-refractivity contribution < 1.29 is 19.1 Å². The Balaban J connectivity index is 1.55. The molecule has 0 aliphatic carbocycles. The fraction of sp³-hybridized carbons (Fsp3) is 0.364. The lowest BCUT2D eigenvalue weighted by Gasteiger charge is -2.47. The molecule has 0 N–H and O–H groups in total. The van der Waals surface area contributed by atoms with Crippen LogP contribution >= 0.6 is 15.9 Å². The molecule has 2 aliphatic rings. The van der Waals surface area contributed by atoms with Crippen LogP contribution in [-0.2, 0) is 9.53 Å². The van der Waals surface area contributed by atoms with Gasteiger partial charge < -0.3 is 14.4 Å². The Labute approximate surface area is 172 Å². The van der Waals surface area contributed by atoms with Crippen LogP contribution in [0.1, 0.15) is 41.7 Å². The first-order valence-electron chi connectivity index (χ1n) is 9.48. The number of carbonyl (C=O) groups is 2. The predicted molar refractivity (Wildman–Crippen MR) is 108 cm³/mol. The highest BCUT2D eigenvalue weighted by atomic mass is 79.9. The van der Waals surface area contributed by atoms with Gasteiger partial charge in [-0.3, -0.25) is 9.59 Å². The van der Waals surface area contributed by atoms with E-state index >= 15 is 0 Å². The van der Waals surface area contributed by atoms with Crippen molar-refractivity contribution in [1.82, 2.24) is 4.90 Å². The highest BCUT2D eigenvalue weighted by Gasteiger charge is 2.51. The Morgan fingerprint density at radius 2 is 2.04 bits per heavy atom. The predicted octanol–water partition coefficient (Wildman–Crippen LogP) is 4.16. The van der Waals surface area contributed by atoms with E-state index in [1.165, 1.54) is 6.92 Å². The van der Waals surface area contributed by atoms with Crippen molar-refractivity contribution in [2.75, 3.05) is 13.2 Å². The molecule has 2 heterocycles. The molecule has 28 heavy (non-hydrogen) atoms. The van der Waals surface area contributed by atoms with Crippen LogP contribution in [0, 0.1) is 0 Å². The van der Waals surface area contributed by atoms with E-state index in [4.69, 9.17) is 9.47 Å². The van der Waals surface area contributed by atoms with E-state index in [2.05, 4.69) is 15.9 Å². The summed E-state index contributed by atoms with van der Waals surface area (Å²) in [6.07, 6.45) is 1.53. The standard InChI is InChI=1S/C22H22BrNO4/c1-14(25)15-7-9-18(10-8-15)28-21-20(16-4-2-5-17(23)12-16)24(22(21)26)13-19-6-3-11-27-19/h2,4-5,7-10,12,19-21H,3,6,11,13H2,1H3. The summed E-state index contributed by atoms with van der Waals surface area (Å²) in [6, 6.07) is 14.7. The fourth-order valence-electron chi connectivity index (χ4n) is 3.80. The van der Waals surface area contributed by atoms with Crippen LogP contribution in [0.5, 0.6) is 5.75 Å². The monoisotopic (exact) mass is 443 g/mol. The number of likely N-dealkylation sites (tertiary alicyclic amines) is 1. The largest absolute Gasteiger partial charge is 0.478 e. The molecule has 2 saturated heterocycles. The third kappa shape index (κ3) is 3.84. The van der Waals surface area contributed by atoms with Gasteiger partial charge in [0.05, 0.1) is 6.10 Å². The molecule has 3 atom stereocenters. The first kappa shape index (κ1) is 19.2. The zero-order valence-corrected chi connectivity index (χ0v) is 17.2. The molecule has 2 fully saturated rings. The molecular formula is C22H22BrNO4. The van der Waals surface area contributed by atoms with Gasteiger partial charge >= 0.3 is 0 Å². The van der Waals surface area contributed by atoms with Gasteiger partial charge in [0, 0.05) is 23.2 Å². The summed E-state index contributed by atoms with van der Waals surface area (Å²) in [5.41, 5.74) is 1.65. The number of halogens is 1. The van der Waals surface area contributed by atoms with Gasteiger partial charge in [-0.15, -0.1) is 0 Å². The molecule has 0 radical (unpaired) electrons. The number of benzene rings is 2. The Hall–Kier alpha value is -2.18. The van der Waals surface area contributed by atoms with Crippen molar-refractivity contribution in [3.8, 4) is 5.75 Å². The van der Waals surface area contributed by atoms with E-state index in [0.29, 0.717) is 17.9 Å². The lowest BCUT2D eigenvalue weighted by Crippen LogP contribution is -2.62. The van der Waals surface area contributed by atoms with Crippen LogP contribution in [0.15, 0.2) is 53.0 Å². The van der Waals surface area contributed by atoms with Crippen LogP contribution in [0.3, 0.4) is 0 Å². The maximum Gasteiger partial charge on any atom is 0.266 e. The van der Waals surface area contributed by atoms with E-state index in [0.717, 1.165) is 29.5 Å². The van der Waals surface area contributed by atoms with Crippen LogP contribution in [0.2, 0.25) is 0 Å². The Morgan fingerprint density at radius 1 is 1.25 bits per heavy atom. The summed E-state index contributed by atoms with van der Waals surface area (Å²) in [4.78, 5) is 26.2. The number of nitrogens with zero attached hydrogens (tertiary/aromatic N) is 1. The number of hydrogen-bond donors (Lipinski definition) is 0. The second-order valence-corrected chi connectivity index (χ2v) is 8.16. The first-order valence-corrected chi connectivity index (χ1v) is 10.3. The number of ether oxygens (including phenoxy) is 2. The summed E-state index contributed by atoms with van der Waals surface area (Å²) < 4.78 is 12.7. The zero-order chi connectivity index (χ0) is 19.7. The average Bonchev–Trinajstić information content (AvgIpc) is 3.20. The van der Waals surface area contributed by atoms with Crippen LogP contribution in [-0.4, -0.2) is 41.9 Å². The number of hydrogen-bond acceptors (Lipinski definition) is 4. The van der Waals surface area contributed by atoms with Gasteiger partial charge in [0.15, 0.2) is 5.78 Å². The Kier molecular flexibility index (Phi) is 5.51. The molecule has 0 spiro atoms. The molecule has 3 unspecified atom stereocenters. The number of rotatable bonds is 6. The second-order valence-electron chi connectivity index (χ2n) is 7.24. The van der Waals surface area contributed by atoms with E-state index in [-0.39, 0.29) is 23.8 Å². The minimum atomic E-state index is -0.584. The maximum atomic E-state index is 12.9. The van der Waals surface area contributed by atoms with E-state index in [1.54, 1.807) is 24.3 Å². The van der Waals surface area contributed by atoms with Crippen LogP contribution in [0.25, 0.3) is 0 Å². The summed E-state index contributed by atoms with van der Waals surface area (Å²) in [5.74, 6) is 0.553. The van der Waals surface area contributed by atoms with E-state index < -0.39 is 6.10 Å². The molecule has 146 valence electrons. The highest BCUT2D eigenvalue weighted by molar-refractivity contribution is 9.10. The van der Waals surface area contributed by atoms with Gasteiger partial charge in [-0.05, 0) is 61.7 Å². The summed E-state index contributed by atoms with van der Waals surface area (Å²) in [6.45, 7) is 2.87. The summed E-state index contributed by atoms with van der Waals surface area (Å²) in [5, 5.41) is 0. The van der Waals surface area contributed by atoms with Gasteiger partial charge in [0.2, 0.25) is 6.10 Å². The molecule has 1 amide bonds. The Morgan fingerprint density at radius 3 is 2.68 bits per heavy atom. The zero-order valence-electron chi connectivity index (χ0n) is 15.6. The van der Waals surface area contributed by atoms with Gasteiger partial charge in [-0.1, -0.05) is 28.1 Å². The fourth-order valence-corrected chi connectivity index (χ4v) is 4.22. The molecule has 2 aromatic rings. The quantitative estimate of drug-likeness (QED) is 0.496. The number of β-lactam (4-membered cyclic amide) rings is 1. The third-order valence-electron chi connectivity index (χ3n) is 5.29. The smallest absolute Gasteiger partial charge is 0.266 e. The molecule has 2 aromatic carbocycles. The van der Waals surface area contributed by atoms with Gasteiger partial charge in [0.1, 0.15) is 11.8 Å². The minimum absolute atomic E-state index is 0.000946. The third-order valence-corrected chi connectivity index (χ3v) is 5.78. The van der Waals surface area contributed by atoms with Crippen LogP contribution in [0.4, 0.5) is 0 Å². The van der Waals surface area contributed by atoms with E-state index in [9.17, 15) is 9.59 Å². The van der Waals surface area contributed by atoms with Gasteiger partial charge in [-0.2, -0.15) is 0 Å². The molecule has 2 aliphatic heterocycles. The summed E-state index contributed by atoms with van der Waals surface area (Å²) >= 11 is 3.51. The Bertz CT molecular complexity index is 876. The molecule has 0 bridgehead atoms. The molecule has 0 saturated carbocycles. The molecule has 6 heteroatoms. The molecule has 5 nitrogen and oxygen atoms in total. The normalized spacial score (nSPS) is 24.1. The number of ketones is 1. The van der Waals surface area contributed by atoms with Gasteiger partial charge in [-0.25, -0.2) is 0 Å². The van der Waals surface area contributed by atoms with Crippen molar-refractivity contribution in [2.24, 2.45) is 0 Å². The van der Waals surface area contributed by atoms with Crippen LogP contribution < -0.4 is 4.74 Å². The molecular weight excluding hydrogens is 422 g/mol. The SMILES string of the molecule is CC(=O)c1ccc(OC2C(=O)N(CC3CCCO3)C2c2cccc(Br)c2)cc1. The minimum Gasteiger partial charge on any atom is -0.478 e. The van der Waals surface area contributed by atoms with Crippen molar-refractivity contribution in [3.05, 3.63) is 64.1 Å². The maximum absolute atomic E-state index is 12.9. The van der Waals surface area contributed by atoms with Gasteiger partial charge in [0.25, 0.3) is 5.91 Å². The highest BCUT2D eigenvalue weighted by Crippen LogP contribution is 2.39. The number of carbonyl (C=O) groups excluding carboxylic acids is 2.